The zero-order chi connectivity index (χ0) is 8.27. The molecule has 4 N–H and O–H groups in total. The molecule has 0 bridgehead atoms. The number of rotatable bonds is 1. The smallest absolute Gasteiger partial charge is 0.132 e. The summed E-state index contributed by atoms with van der Waals surface area (Å²) < 4.78 is 0. The van der Waals surface area contributed by atoms with Crippen molar-refractivity contribution in [1.82, 2.24) is 5.48 Å². The van der Waals surface area contributed by atoms with E-state index in [4.69, 9.17) is 23.2 Å². The highest BCUT2D eigenvalue weighted by molar-refractivity contribution is 7.80. The first-order chi connectivity index (χ1) is 5.25. The monoisotopic (exact) mass is 168 g/mol. The Morgan fingerprint density at radius 1 is 1.45 bits per heavy atom. The van der Waals surface area contributed by atoms with E-state index in [1.54, 1.807) is 24.3 Å². The Morgan fingerprint density at radius 3 is 2.64 bits per heavy atom. The molecule has 11 heavy (non-hydrogen) atoms. The zero-order valence-corrected chi connectivity index (χ0v) is 6.56. The highest BCUT2D eigenvalue weighted by Gasteiger charge is 2.01. The Morgan fingerprint density at radius 2 is 2.09 bits per heavy atom. The molecule has 0 unspecified atom stereocenters. The molecule has 1 rings (SSSR count). The van der Waals surface area contributed by atoms with Crippen molar-refractivity contribution in [3.05, 3.63) is 29.8 Å². The first-order valence-electron chi connectivity index (χ1n) is 3.04. The van der Waals surface area contributed by atoms with Gasteiger partial charge in [-0.25, -0.2) is 0 Å². The minimum atomic E-state index is 0.239. The first kappa shape index (κ1) is 7.97. The van der Waals surface area contributed by atoms with Gasteiger partial charge in [-0.05, 0) is 12.1 Å². The number of nitrogens with two attached hydrogens (primary N) is 1. The van der Waals surface area contributed by atoms with Crippen LogP contribution in [0, 0.1) is 0 Å². The fourth-order valence-corrected chi connectivity index (χ4v) is 0.950. The summed E-state index contributed by atoms with van der Waals surface area (Å²) in [5.41, 5.74) is 8.63. The van der Waals surface area contributed by atoms with Gasteiger partial charge in [0.25, 0.3) is 0 Å². The van der Waals surface area contributed by atoms with Crippen LogP contribution in [0.3, 0.4) is 0 Å². The fraction of sp³-hybridized carbons (Fsp3) is 0. The molecule has 0 heterocycles. The molecule has 3 nitrogen and oxygen atoms in total. The molecular weight excluding hydrogens is 160 g/mol. The third-order valence-corrected chi connectivity index (χ3v) is 1.62. The summed E-state index contributed by atoms with van der Waals surface area (Å²) in [6.07, 6.45) is 0. The molecule has 0 saturated heterocycles. The van der Waals surface area contributed by atoms with Gasteiger partial charge in [0.2, 0.25) is 0 Å². The largest absolute Gasteiger partial charge is 0.398 e. The molecule has 0 aliphatic rings. The topological polar surface area (TPSA) is 58.3 Å². The summed E-state index contributed by atoms with van der Waals surface area (Å²) >= 11 is 4.77. The predicted octanol–water partition coefficient (Wildman–Crippen LogP) is 0.923. The molecule has 0 atom stereocenters. The van der Waals surface area contributed by atoms with Crippen molar-refractivity contribution in [3.8, 4) is 0 Å². The minimum absolute atomic E-state index is 0.239. The lowest BCUT2D eigenvalue weighted by Gasteiger charge is -2.03. The number of anilines is 1. The highest BCUT2D eigenvalue weighted by Crippen LogP contribution is 2.09. The lowest BCUT2D eigenvalue weighted by Crippen LogP contribution is -2.18. The molecule has 1 aromatic carbocycles. The Kier molecular flexibility index (Phi) is 2.40. The molecule has 0 spiro atoms. The van der Waals surface area contributed by atoms with Crippen LogP contribution in [0.4, 0.5) is 5.69 Å². The summed E-state index contributed by atoms with van der Waals surface area (Å²) in [6.45, 7) is 0. The van der Waals surface area contributed by atoms with E-state index < -0.39 is 0 Å². The van der Waals surface area contributed by atoms with Gasteiger partial charge in [-0.2, -0.15) is 0 Å². The third kappa shape index (κ3) is 1.66. The number of benzene rings is 1. The van der Waals surface area contributed by atoms with Crippen molar-refractivity contribution in [1.29, 1.82) is 0 Å². The van der Waals surface area contributed by atoms with Crippen LogP contribution < -0.4 is 11.2 Å². The van der Waals surface area contributed by atoms with E-state index in [0.717, 1.165) is 0 Å². The number of para-hydroxylation sites is 1. The van der Waals surface area contributed by atoms with E-state index in [1.807, 2.05) is 5.48 Å². The van der Waals surface area contributed by atoms with Crippen LogP contribution in [0.15, 0.2) is 24.3 Å². The number of hydroxylamine groups is 1. The van der Waals surface area contributed by atoms with Gasteiger partial charge < -0.3 is 5.73 Å². The molecule has 58 valence electrons. The quantitative estimate of drug-likeness (QED) is 0.331. The van der Waals surface area contributed by atoms with Crippen molar-refractivity contribution in [2.45, 2.75) is 0 Å². The summed E-state index contributed by atoms with van der Waals surface area (Å²) in [5.74, 6) is 0. The van der Waals surface area contributed by atoms with Crippen LogP contribution in [0.25, 0.3) is 0 Å². The maximum Gasteiger partial charge on any atom is 0.132 e. The second-order valence-electron chi connectivity index (χ2n) is 2.03. The lowest BCUT2D eigenvalue weighted by molar-refractivity contribution is 0.238. The number of hydrogen-bond donors (Lipinski definition) is 3. The van der Waals surface area contributed by atoms with Crippen LogP contribution in [-0.2, 0) is 0 Å². The minimum Gasteiger partial charge on any atom is -0.398 e. The van der Waals surface area contributed by atoms with Gasteiger partial charge in [0.15, 0.2) is 0 Å². The molecule has 0 aromatic heterocycles. The third-order valence-electron chi connectivity index (χ3n) is 1.31. The number of nitrogens with one attached hydrogen (secondary N) is 1. The summed E-state index contributed by atoms with van der Waals surface area (Å²) in [6, 6.07) is 7.06. The van der Waals surface area contributed by atoms with Crippen LogP contribution in [0.1, 0.15) is 5.56 Å². The summed E-state index contributed by atoms with van der Waals surface area (Å²) in [4.78, 5) is 0.239. The first-order valence-corrected chi connectivity index (χ1v) is 3.45. The second kappa shape index (κ2) is 3.32. The number of thiocarbonyl (C=S) groups is 1. The Bertz CT molecular complexity index is 275. The molecule has 1 aromatic rings. The standard InChI is InChI=1S/C7H8N2OS/c8-6-4-2-1-3-5(6)7(11)9-10/h1-4,10H,8H2,(H,9,11). The van der Waals surface area contributed by atoms with Crippen molar-refractivity contribution < 1.29 is 5.21 Å². The SMILES string of the molecule is Nc1ccccc1C(=S)NO. The number of nitrogen functional groups attached to an aromatic ring is 1. The lowest BCUT2D eigenvalue weighted by atomic mass is 10.2. The Hall–Kier alpha value is -1.13. The van der Waals surface area contributed by atoms with Crippen LogP contribution in [-0.4, -0.2) is 10.2 Å². The van der Waals surface area contributed by atoms with Crippen molar-refractivity contribution in [3.63, 3.8) is 0 Å². The summed E-state index contributed by atoms with van der Waals surface area (Å²) in [5, 5.41) is 8.47. The van der Waals surface area contributed by atoms with E-state index in [0.29, 0.717) is 11.3 Å². The number of hydrogen-bond acceptors (Lipinski definition) is 3. The Labute approximate surface area is 69.8 Å². The normalized spacial score (nSPS) is 9.18. The molecule has 0 radical (unpaired) electrons. The fourth-order valence-electron chi connectivity index (χ4n) is 0.764. The van der Waals surface area contributed by atoms with Crippen molar-refractivity contribution in [2.75, 3.05) is 5.73 Å². The molecule has 4 heteroatoms. The van der Waals surface area contributed by atoms with Gasteiger partial charge in [0, 0.05) is 11.3 Å². The zero-order valence-electron chi connectivity index (χ0n) is 5.74. The van der Waals surface area contributed by atoms with Gasteiger partial charge >= 0.3 is 0 Å². The maximum atomic E-state index is 8.47. The molecule has 0 aliphatic carbocycles. The maximum absolute atomic E-state index is 8.47. The van der Waals surface area contributed by atoms with Gasteiger partial charge in [0.1, 0.15) is 4.99 Å². The summed E-state index contributed by atoms with van der Waals surface area (Å²) in [7, 11) is 0. The Balaban J connectivity index is 3.03. The van der Waals surface area contributed by atoms with E-state index in [9.17, 15) is 0 Å². The molecular formula is C7H8N2OS. The van der Waals surface area contributed by atoms with Gasteiger partial charge in [-0.1, -0.05) is 24.4 Å². The van der Waals surface area contributed by atoms with Crippen molar-refractivity contribution >= 4 is 22.9 Å². The van der Waals surface area contributed by atoms with Crippen molar-refractivity contribution in [2.24, 2.45) is 0 Å². The van der Waals surface area contributed by atoms with E-state index in [1.165, 1.54) is 0 Å². The molecule has 0 amide bonds. The average Bonchev–Trinajstić information content (AvgIpc) is 2.04. The van der Waals surface area contributed by atoms with Crippen LogP contribution in [0.2, 0.25) is 0 Å². The predicted molar refractivity (Wildman–Crippen MR) is 47.5 cm³/mol. The molecule has 0 aliphatic heterocycles. The average molecular weight is 168 g/mol. The van der Waals surface area contributed by atoms with E-state index >= 15 is 0 Å². The van der Waals surface area contributed by atoms with Crippen LogP contribution in [0.5, 0.6) is 0 Å². The molecule has 0 fully saturated rings. The van der Waals surface area contributed by atoms with Gasteiger partial charge in [-0.15, -0.1) is 0 Å². The second-order valence-corrected chi connectivity index (χ2v) is 2.44. The van der Waals surface area contributed by atoms with Gasteiger partial charge in [-0.3, -0.25) is 10.7 Å². The molecule has 0 saturated carbocycles. The van der Waals surface area contributed by atoms with Crippen LogP contribution >= 0.6 is 12.2 Å². The van der Waals surface area contributed by atoms with E-state index in [-0.39, 0.29) is 4.99 Å². The van der Waals surface area contributed by atoms with E-state index in [2.05, 4.69) is 0 Å². The van der Waals surface area contributed by atoms with Gasteiger partial charge in [0.05, 0.1) is 0 Å². The highest BCUT2D eigenvalue weighted by atomic mass is 32.1.